The van der Waals surface area contributed by atoms with E-state index in [-0.39, 0.29) is 16.4 Å². The van der Waals surface area contributed by atoms with Crippen molar-refractivity contribution in [2.75, 3.05) is 10.1 Å². The van der Waals surface area contributed by atoms with Gasteiger partial charge in [0.05, 0.1) is 10.6 Å². The molecule has 0 aliphatic rings. The van der Waals surface area contributed by atoms with Gasteiger partial charge >= 0.3 is 0 Å². The molecular weight excluding hydrogens is 351 g/mol. The Labute approximate surface area is 123 Å². The maximum absolute atomic E-state index is 13.2. The number of nitrogens with one attached hydrogen (secondary N) is 2. The van der Waals surface area contributed by atoms with E-state index >= 15 is 0 Å². The highest BCUT2D eigenvalue weighted by atomic mass is 79.9. The predicted octanol–water partition coefficient (Wildman–Crippen LogP) is 2.07. The van der Waals surface area contributed by atoms with E-state index in [4.69, 9.17) is 5.84 Å². The minimum atomic E-state index is -3.87. The zero-order valence-corrected chi connectivity index (χ0v) is 12.4. The molecule has 0 fully saturated rings. The van der Waals surface area contributed by atoms with Crippen molar-refractivity contribution < 1.29 is 12.8 Å². The van der Waals surface area contributed by atoms with Gasteiger partial charge in [-0.05, 0) is 40.2 Å². The maximum Gasteiger partial charge on any atom is 0.262 e. The topological polar surface area (TPSA) is 97.1 Å². The molecule has 0 atom stereocenters. The van der Waals surface area contributed by atoms with Gasteiger partial charge in [-0.3, -0.25) is 4.72 Å². The van der Waals surface area contributed by atoms with Gasteiger partial charge in [0.15, 0.2) is 0 Å². The van der Waals surface area contributed by atoms with E-state index in [1.54, 1.807) is 0 Å². The molecular formula is C11H10BrFN4O2S. The number of nitrogen functional groups attached to an aromatic ring is 1. The van der Waals surface area contributed by atoms with Crippen LogP contribution >= 0.6 is 15.9 Å². The molecule has 1 aromatic carbocycles. The van der Waals surface area contributed by atoms with Crippen molar-refractivity contribution in [3.05, 3.63) is 46.8 Å². The van der Waals surface area contributed by atoms with Gasteiger partial charge < -0.3 is 5.43 Å². The molecule has 0 aliphatic heterocycles. The second kappa shape index (κ2) is 5.73. The lowest BCUT2D eigenvalue weighted by Crippen LogP contribution is -2.15. The monoisotopic (exact) mass is 360 g/mol. The zero-order chi connectivity index (χ0) is 14.8. The van der Waals surface area contributed by atoms with Gasteiger partial charge in [0, 0.05) is 16.7 Å². The molecule has 9 heteroatoms. The van der Waals surface area contributed by atoms with Gasteiger partial charge in [0.25, 0.3) is 10.0 Å². The lowest BCUT2D eigenvalue weighted by molar-refractivity contribution is 0.601. The number of sulfonamides is 1. The molecule has 0 amide bonds. The second-order valence-corrected chi connectivity index (χ2v) is 6.29. The van der Waals surface area contributed by atoms with Gasteiger partial charge in [-0.15, -0.1) is 0 Å². The van der Waals surface area contributed by atoms with Crippen molar-refractivity contribution in [2.24, 2.45) is 5.84 Å². The van der Waals surface area contributed by atoms with Crippen LogP contribution in [-0.2, 0) is 10.0 Å². The SMILES string of the molecule is NNc1cc(S(=O)(=O)Nc2cc(F)ccc2Br)ccn1. The smallest absolute Gasteiger partial charge is 0.262 e. The number of benzene rings is 1. The van der Waals surface area contributed by atoms with Crippen LogP contribution in [0.1, 0.15) is 0 Å². The molecule has 6 nitrogen and oxygen atoms in total. The Balaban J connectivity index is 2.38. The molecule has 0 saturated carbocycles. The van der Waals surface area contributed by atoms with Gasteiger partial charge in [-0.1, -0.05) is 0 Å². The fourth-order valence-corrected chi connectivity index (χ4v) is 3.00. The van der Waals surface area contributed by atoms with Crippen molar-refractivity contribution in [2.45, 2.75) is 4.90 Å². The third-order valence-electron chi connectivity index (χ3n) is 2.36. The average Bonchev–Trinajstić information content (AvgIpc) is 2.43. The Bertz CT molecular complexity index is 739. The molecule has 0 saturated heterocycles. The number of nitrogens with zero attached hydrogens (tertiary/aromatic N) is 1. The maximum atomic E-state index is 13.2. The van der Waals surface area contributed by atoms with Crippen molar-refractivity contribution in [1.29, 1.82) is 0 Å². The first kappa shape index (κ1) is 14.7. The number of rotatable bonds is 4. The number of nitrogens with two attached hydrogens (primary N) is 1. The summed E-state index contributed by atoms with van der Waals surface area (Å²) in [6.07, 6.45) is 1.30. The number of hydrogen-bond acceptors (Lipinski definition) is 5. The van der Waals surface area contributed by atoms with Crippen molar-refractivity contribution in [1.82, 2.24) is 4.98 Å². The predicted molar refractivity (Wildman–Crippen MR) is 77.0 cm³/mol. The van der Waals surface area contributed by atoms with E-state index in [0.29, 0.717) is 4.47 Å². The molecule has 2 rings (SSSR count). The van der Waals surface area contributed by atoms with Crippen molar-refractivity contribution in [3.63, 3.8) is 0 Å². The summed E-state index contributed by atoms with van der Waals surface area (Å²) in [5.41, 5.74) is 2.35. The van der Waals surface area contributed by atoms with E-state index < -0.39 is 15.8 Å². The fraction of sp³-hybridized carbons (Fsp3) is 0. The van der Waals surface area contributed by atoms with E-state index in [1.807, 2.05) is 0 Å². The summed E-state index contributed by atoms with van der Waals surface area (Å²) in [5.74, 6) is 4.82. The van der Waals surface area contributed by atoms with E-state index in [1.165, 1.54) is 30.5 Å². The molecule has 0 spiro atoms. The quantitative estimate of drug-likeness (QED) is 0.572. The summed E-state index contributed by atoms with van der Waals surface area (Å²) in [5, 5.41) is 0. The van der Waals surface area contributed by atoms with Crippen LogP contribution in [-0.4, -0.2) is 13.4 Å². The molecule has 0 radical (unpaired) electrons. The summed E-state index contributed by atoms with van der Waals surface area (Å²) in [7, 11) is -3.87. The van der Waals surface area contributed by atoms with Crippen LogP contribution in [0.3, 0.4) is 0 Å². The van der Waals surface area contributed by atoms with Gasteiger partial charge in [-0.2, -0.15) is 0 Å². The fourth-order valence-electron chi connectivity index (χ4n) is 1.44. The van der Waals surface area contributed by atoms with E-state index in [9.17, 15) is 12.8 Å². The summed E-state index contributed by atoms with van der Waals surface area (Å²) in [6.45, 7) is 0. The number of hydrazine groups is 1. The zero-order valence-electron chi connectivity index (χ0n) is 9.97. The summed E-state index contributed by atoms with van der Waals surface area (Å²) in [6, 6.07) is 6.26. The molecule has 1 aromatic heterocycles. The first-order valence-electron chi connectivity index (χ1n) is 5.33. The summed E-state index contributed by atoms with van der Waals surface area (Å²) < 4.78 is 40.2. The van der Waals surface area contributed by atoms with Crippen LogP contribution in [0, 0.1) is 5.82 Å². The number of pyridine rings is 1. The summed E-state index contributed by atoms with van der Waals surface area (Å²) in [4.78, 5) is 3.77. The minimum Gasteiger partial charge on any atom is -0.308 e. The largest absolute Gasteiger partial charge is 0.308 e. The van der Waals surface area contributed by atoms with Gasteiger partial charge in [-0.25, -0.2) is 23.6 Å². The van der Waals surface area contributed by atoms with Crippen LogP contribution in [0.15, 0.2) is 45.9 Å². The van der Waals surface area contributed by atoms with Crippen molar-refractivity contribution in [3.8, 4) is 0 Å². The highest BCUT2D eigenvalue weighted by Crippen LogP contribution is 2.26. The van der Waals surface area contributed by atoms with Crippen LogP contribution in [0.25, 0.3) is 0 Å². The third-order valence-corrected chi connectivity index (χ3v) is 4.42. The molecule has 4 N–H and O–H groups in total. The van der Waals surface area contributed by atoms with Crippen LogP contribution in [0.4, 0.5) is 15.9 Å². The normalized spacial score (nSPS) is 11.2. The van der Waals surface area contributed by atoms with Gasteiger partial charge in [0.1, 0.15) is 11.6 Å². The molecule has 0 bridgehead atoms. The van der Waals surface area contributed by atoms with Crippen LogP contribution < -0.4 is 16.0 Å². The Morgan fingerprint density at radius 3 is 2.70 bits per heavy atom. The lowest BCUT2D eigenvalue weighted by atomic mass is 10.3. The second-order valence-electron chi connectivity index (χ2n) is 3.75. The Morgan fingerprint density at radius 1 is 1.25 bits per heavy atom. The van der Waals surface area contributed by atoms with Gasteiger partial charge in [0.2, 0.25) is 0 Å². The molecule has 106 valence electrons. The summed E-state index contributed by atoms with van der Waals surface area (Å²) >= 11 is 3.15. The Kier molecular flexibility index (Phi) is 4.21. The molecule has 0 unspecified atom stereocenters. The van der Waals surface area contributed by atoms with E-state index in [0.717, 1.165) is 6.07 Å². The minimum absolute atomic E-state index is 0.0448. The Morgan fingerprint density at radius 2 is 2.00 bits per heavy atom. The molecule has 0 aliphatic carbocycles. The third kappa shape index (κ3) is 3.24. The first-order chi connectivity index (χ1) is 9.42. The Hall–Kier alpha value is -1.71. The molecule has 2 aromatic rings. The lowest BCUT2D eigenvalue weighted by Gasteiger charge is -2.10. The highest BCUT2D eigenvalue weighted by Gasteiger charge is 2.16. The van der Waals surface area contributed by atoms with Crippen LogP contribution in [0.2, 0.25) is 0 Å². The molecule has 20 heavy (non-hydrogen) atoms. The number of halogens is 2. The molecule has 1 heterocycles. The van der Waals surface area contributed by atoms with E-state index in [2.05, 4.69) is 31.1 Å². The number of hydrogen-bond donors (Lipinski definition) is 3. The first-order valence-corrected chi connectivity index (χ1v) is 7.60. The number of aromatic nitrogens is 1. The number of anilines is 2. The highest BCUT2D eigenvalue weighted by molar-refractivity contribution is 9.10. The standard InChI is InChI=1S/C11H10BrFN4O2S/c12-9-2-1-7(13)5-10(9)17-20(18,19)8-3-4-15-11(6-8)16-14/h1-6,17H,14H2,(H,15,16). The average molecular weight is 361 g/mol. The van der Waals surface area contributed by atoms with Crippen molar-refractivity contribution >= 4 is 37.5 Å². The van der Waals surface area contributed by atoms with Crippen LogP contribution in [0.5, 0.6) is 0 Å².